The Balaban J connectivity index is 1.99. The standard InChI is InChI=1S/C21H16Cl3N3OS2/c1-11-6-12(2)19(26-10-11)30-18-16(23)8-15(9-17(18)24)27(21(25)29)20(28)13-4-3-5-14(22)7-13/h3-10H,1-2H3,(H2,25,29). The molecule has 0 aliphatic rings. The highest BCUT2D eigenvalue weighted by Gasteiger charge is 2.23. The van der Waals surface area contributed by atoms with E-state index in [4.69, 9.17) is 52.8 Å². The van der Waals surface area contributed by atoms with Gasteiger partial charge in [0, 0.05) is 16.8 Å². The van der Waals surface area contributed by atoms with E-state index in [1.807, 2.05) is 19.9 Å². The third-order valence-electron chi connectivity index (χ3n) is 4.10. The van der Waals surface area contributed by atoms with Crippen molar-refractivity contribution in [2.24, 2.45) is 5.73 Å². The lowest BCUT2D eigenvalue weighted by molar-refractivity contribution is 0.100. The topological polar surface area (TPSA) is 59.2 Å². The Kier molecular flexibility index (Phi) is 7.26. The van der Waals surface area contributed by atoms with Crippen LogP contribution in [0.25, 0.3) is 0 Å². The SMILES string of the molecule is Cc1cnc(Sc2c(Cl)cc(N(C(=O)c3cccc(Cl)c3)C(N)=S)cc2Cl)c(C)c1. The van der Waals surface area contributed by atoms with Gasteiger partial charge in [-0.15, -0.1) is 0 Å². The molecule has 1 amide bonds. The fourth-order valence-electron chi connectivity index (χ4n) is 2.77. The maximum absolute atomic E-state index is 13.0. The lowest BCUT2D eigenvalue weighted by atomic mass is 10.2. The fraction of sp³-hybridized carbons (Fsp3) is 0.0952. The van der Waals surface area contributed by atoms with Gasteiger partial charge in [-0.2, -0.15) is 0 Å². The average Bonchev–Trinajstić information content (AvgIpc) is 2.66. The molecule has 1 aromatic heterocycles. The number of aryl methyl sites for hydroxylation is 2. The monoisotopic (exact) mass is 495 g/mol. The van der Waals surface area contributed by atoms with Crippen molar-refractivity contribution in [3.8, 4) is 0 Å². The Morgan fingerprint density at radius 3 is 2.33 bits per heavy atom. The molecule has 154 valence electrons. The maximum atomic E-state index is 13.0. The van der Waals surface area contributed by atoms with Gasteiger partial charge in [-0.1, -0.05) is 58.7 Å². The first-order chi connectivity index (χ1) is 14.2. The summed E-state index contributed by atoms with van der Waals surface area (Å²) in [5, 5.41) is 1.78. The molecule has 2 aromatic carbocycles. The zero-order valence-electron chi connectivity index (χ0n) is 15.9. The lowest BCUT2D eigenvalue weighted by Crippen LogP contribution is -2.40. The Hall–Kier alpha value is -1.83. The molecular formula is C21H16Cl3N3OS2. The first kappa shape index (κ1) is 22.8. The molecule has 9 heteroatoms. The van der Waals surface area contributed by atoms with E-state index in [0.717, 1.165) is 16.2 Å². The average molecular weight is 497 g/mol. The second-order valence-corrected chi connectivity index (χ2v) is 9.13. The predicted octanol–water partition coefficient (Wildman–Crippen LogP) is 6.70. The first-order valence-electron chi connectivity index (χ1n) is 8.67. The number of pyridine rings is 1. The third-order valence-corrected chi connectivity index (χ3v) is 6.60. The molecule has 0 aliphatic heterocycles. The Bertz CT molecular complexity index is 1130. The number of nitrogens with zero attached hydrogens (tertiary/aromatic N) is 2. The highest BCUT2D eigenvalue weighted by Crippen LogP contribution is 2.41. The minimum atomic E-state index is -0.436. The van der Waals surface area contributed by atoms with Gasteiger partial charge < -0.3 is 5.73 Å². The van der Waals surface area contributed by atoms with Crippen LogP contribution in [0, 0.1) is 13.8 Å². The summed E-state index contributed by atoms with van der Waals surface area (Å²) in [6.45, 7) is 3.95. The number of rotatable bonds is 4. The molecule has 0 aliphatic carbocycles. The number of nitrogens with two attached hydrogens (primary N) is 1. The van der Waals surface area contributed by atoms with E-state index in [0.29, 0.717) is 31.2 Å². The summed E-state index contributed by atoms with van der Waals surface area (Å²) in [5.41, 5.74) is 8.62. The van der Waals surface area contributed by atoms with E-state index >= 15 is 0 Å². The number of anilines is 1. The normalized spacial score (nSPS) is 10.7. The van der Waals surface area contributed by atoms with E-state index in [1.165, 1.54) is 22.7 Å². The highest BCUT2D eigenvalue weighted by atomic mass is 35.5. The van der Waals surface area contributed by atoms with Crippen molar-refractivity contribution in [3.05, 3.63) is 80.4 Å². The zero-order valence-corrected chi connectivity index (χ0v) is 19.8. The molecule has 0 atom stereocenters. The minimum Gasteiger partial charge on any atom is -0.376 e. The minimum absolute atomic E-state index is 0.136. The number of hydrogen-bond acceptors (Lipinski definition) is 4. The van der Waals surface area contributed by atoms with Crippen molar-refractivity contribution < 1.29 is 4.79 Å². The van der Waals surface area contributed by atoms with Crippen molar-refractivity contribution in [1.29, 1.82) is 0 Å². The highest BCUT2D eigenvalue weighted by molar-refractivity contribution is 7.99. The zero-order chi connectivity index (χ0) is 22.0. The van der Waals surface area contributed by atoms with Gasteiger partial charge in [0.25, 0.3) is 5.91 Å². The summed E-state index contributed by atoms with van der Waals surface area (Å²) < 4.78 is 0. The molecule has 0 fully saturated rings. The molecular weight excluding hydrogens is 481 g/mol. The van der Waals surface area contributed by atoms with Crippen molar-refractivity contribution in [2.75, 3.05) is 4.90 Å². The largest absolute Gasteiger partial charge is 0.376 e. The summed E-state index contributed by atoms with van der Waals surface area (Å²) in [6.07, 6.45) is 1.78. The van der Waals surface area contributed by atoms with Crippen molar-refractivity contribution in [2.45, 2.75) is 23.8 Å². The fourth-order valence-corrected chi connectivity index (χ4v) is 4.69. The van der Waals surface area contributed by atoms with Gasteiger partial charge in [-0.3, -0.25) is 9.69 Å². The van der Waals surface area contributed by atoms with Gasteiger partial charge in [-0.25, -0.2) is 4.98 Å². The summed E-state index contributed by atoms with van der Waals surface area (Å²) in [4.78, 5) is 19.3. The molecule has 0 saturated carbocycles. The molecule has 30 heavy (non-hydrogen) atoms. The number of benzene rings is 2. The molecule has 1 heterocycles. The van der Waals surface area contributed by atoms with Crippen molar-refractivity contribution in [1.82, 2.24) is 4.98 Å². The van der Waals surface area contributed by atoms with Gasteiger partial charge >= 0.3 is 0 Å². The van der Waals surface area contributed by atoms with Gasteiger partial charge in [0.1, 0.15) is 5.03 Å². The number of carbonyl (C=O) groups is 1. The van der Waals surface area contributed by atoms with Crippen molar-refractivity contribution >= 4 is 75.5 Å². The van der Waals surface area contributed by atoms with E-state index in [9.17, 15) is 4.79 Å². The number of amides is 1. The number of hydrogen-bond donors (Lipinski definition) is 1. The molecule has 0 unspecified atom stereocenters. The lowest BCUT2D eigenvalue weighted by Gasteiger charge is -2.22. The number of aromatic nitrogens is 1. The van der Waals surface area contributed by atoms with Crippen LogP contribution in [0.15, 0.2) is 58.6 Å². The van der Waals surface area contributed by atoms with E-state index in [1.54, 1.807) is 36.5 Å². The molecule has 4 nitrogen and oxygen atoms in total. The summed E-state index contributed by atoms with van der Waals surface area (Å²) in [7, 11) is 0. The Labute approximate surface area is 199 Å². The quantitative estimate of drug-likeness (QED) is 0.407. The number of halogens is 3. The second-order valence-electron chi connectivity index (χ2n) is 6.46. The van der Waals surface area contributed by atoms with Crippen LogP contribution < -0.4 is 10.6 Å². The first-order valence-corrected chi connectivity index (χ1v) is 11.0. The molecule has 3 rings (SSSR count). The molecule has 0 radical (unpaired) electrons. The number of carbonyl (C=O) groups excluding carboxylic acids is 1. The van der Waals surface area contributed by atoms with Gasteiger partial charge in [0.15, 0.2) is 5.11 Å². The maximum Gasteiger partial charge on any atom is 0.264 e. The molecule has 3 aromatic rings. The number of thiocarbonyl (C=S) groups is 1. The van der Waals surface area contributed by atoms with Gasteiger partial charge in [0.2, 0.25) is 0 Å². The van der Waals surface area contributed by atoms with E-state index < -0.39 is 5.91 Å². The predicted molar refractivity (Wildman–Crippen MR) is 129 cm³/mol. The molecule has 0 bridgehead atoms. The van der Waals surface area contributed by atoms with Crippen LogP contribution in [0.1, 0.15) is 21.5 Å². The summed E-state index contributed by atoms with van der Waals surface area (Å²) in [5.74, 6) is -0.436. The van der Waals surface area contributed by atoms with Crippen LogP contribution >= 0.6 is 58.8 Å². The Morgan fingerprint density at radius 1 is 1.10 bits per heavy atom. The Morgan fingerprint density at radius 2 is 1.77 bits per heavy atom. The van der Waals surface area contributed by atoms with Crippen molar-refractivity contribution in [3.63, 3.8) is 0 Å². The van der Waals surface area contributed by atoms with Gasteiger partial charge in [0.05, 0.1) is 20.6 Å². The van der Waals surface area contributed by atoms with Gasteiger partial charge in [-0.05, 0) is 67.5 Å². The smallest absolute Gasteiger partial charge is 0.264 e. The van der Waals surface area contributed by atoms with Crippen LogP contribution in [-0.4, -0.2) is 16.0 Å². The van der Waals surface area contributed by atoms with Crippen LogP contribution in [0.2, 0.25) is 15.1 Å². The molecule has 0 spiro atoms. The molecule has 2 N–H and O–H groups in total. The third kappa shape index (κ3) is 5.07. The van der Waals surface area contributed by atoms with Crippen LogP contribution in [0.5, 0.6) is 0 Å². The summed E-state index contributed by atoms with van der Waals surface area (Å²) >= 11 is 25.5. The molecule has 0 saturated heterocycles. The van der Waals surface area contributed by atoms with E-state index in [2.05, 4.69) is 4.98 Å². The van der Waals surface area contributed by atoms with Crippen LogP contribution in [0.3, 0.4) is 0 Å². The van der Waals surface area contributed by atoms with Crippen LogP contribution in [-0.2, 0) is 0 Å². The second kappa shape index (κ2) is 9.54. The van der Waals surface area contributed by atoms with Crippen LogP contribution in [0.4, 0.5) is 5.69 Å². The summed E-state index contributed by atoms with van der Waals surface area (Å²) in [6, 6.07) is 11.7. The van der Waals surface area contributed by atoms with E-state index in [-0.39, 0.29) is 5.11 Å².